The quantitative estimate of drug-likeness (QED) is 0.495. The Kier molecular flexibility index (Phi) is 7.45. The minimum absolute atomic E-state index is 0.177. The van der Waals surface area contributed by atoms with Crippen LogP contribution in [0, 0.1) is 11.7 Å². The number of unbranched alkanes of at least 4 members (excludes halogenated alkanes) is 2. The number of ether oxygens (including phenoxy) is 1. The van der Waals surface area contributed by atoms with Crippen molar-refractivity contribution < 1.29 is 18.3 Å². The molecule has 158 valence electrons. The standard InChI is InChI=1S/C24H31FO4/c1-3-5-7-16-9-12-18(13-10-16)28-23(26)20-14-11-17-15-19(8-6-4-2)29-24(27)21(17)22(20)25/h11,14-16,18H,3-10,12-13H2,1-2H3. The fraction of sp³-hybridized carbons (Fsp3) is 0.583. The van der Waals surface area contributed by atoms with Gasteiger partial charge in [0.2, 0.25) is 0 Å². The first kappa shape index (κ1) is 21.5. The van der Waals surface area contributed by atoms with Gasteiger partial charge in [-0.25, -0.2) is 14.0 Å². The summed E-state index contributed by atoms with van der Waals surface area (Å²) in [6.07, 6.45) is 9.71. The highest BCUT2D eigenvalue weighted by Gasteiger charge is 2.26. The summed E-state index contributed by atoms with van der Waals surface area (Å²) in [4.78, 5) is 24.9. The molecule has 0 amide bonds. The number of fused-ring (bicyclic) bond motifs is 1. The van der Waals surface area contributed by atoms with Crippen LogP contribution in [0.1, 0.15) is 87.8 Å². The SMILES string of the molecule is CCCCc1cc2ccc(C(=O)OC3CCC(CCCC)CC3)c(F)c2c(=O)o1. The van der Waals surface area contributed by atoms with Crippen LogP contribution in [0.5, 0.6) is 0 Å². The summed E-state index contributed by atoms with van der Waals surface area (Å²) in [7, 11) is 0. The van der Waals surface area contributed by atoms with E-state index in [1.807, 2.05) is 6.92 Å². The second kappa shape index (κ2) is 10.0. The number of hydrogen-bond donors (Lipinski definition) is 0. The zero-order valence-electron chi connectivity index (χ0n) is 17.5. The molecule has 5 heteroatoms. The fourth-order valence-corrected chi connectivity index (χ4v) is 4.17. The van der Waals surface area contributed by atoms with Gasteiger partial charge in [0.25, 0.3) is 0 Å². The number of halogens is 1. The van der Waals surface area contributed by atoms with Gasteiger partial charge in [0.15, 0.2) is 5.82 Å². The van der Waals surface area contributed by atoms with Gasteiger partial charge in [0.1, 0.15) is 17.3 Å². The first-order valence-corrected chi connectivity index (χ1v) is 11.0. The lowest BCUT2D eigenvalue weighted by Gasteiger charge is -2.28. The van der Waals surface area contributed by atoms with Gasteiger partial charge in [-0.15, -0.1) is 0 Å². The molecule has 1 heterocycles. The molecule has 29 heavy (non-hydrogen) atoms. The molecule has 0 spiro atoms. The largest absolute Gasteiger partial charge is 0.459 e. The third-order valence-corrected chi connectivity index (χ3v) is 5.95. The lowest BCUT2D eigenvalue weighted by atomic mass is 9.84. The van der Waals surface area contributed by atoms with Crippen molar-refractivity contribution in [2.24, 2.45) is 5.92 Å². The molecular formula is C24H31FO4. The summed E-state index contributed by atoms with van der Waals surface area (Å²) >= 11 is 0. The Labute approximate surface area is 171 Å². The van der Waals surface area contributed by atoms with E-state index in [4.69, 9.17) is 9.15 Å². The number of esters is 1. The van der Waals surface area contributed by atoms with Crippen LogP contribution in [0.25, 0.3) is 10.8 Å². The van der Waals surface area contributed by atoms with Crippen molar-refractivity contribution in [1.29, 1.82) is 0 Å². The van der Waals surface area contributed by atoms with E-state index in [9.17, 15) is 14.0 Å². The molecule has 0 bridgehead atoms. The number of benzene rings is 1. The predicted molar refractivity (Wildman–Crippen MR) is 112 cm³/mol. The monoisotopic (exact) mass is 402 g/mol. The maximum absolute atomic E-state index is 15.0. The van der Waals surface area contributed by atoms with Crippen LogP contribution >= 0.6 is 0 Å². The molecular weight excluding hydrogens is 371 g/mol. The highest BCUT2D eigenvalue weighted by Crippen LogP contribution is 2.30. The van der Waals surface area contributed by atoms with Gasteiger partial charge >= 0.3 is 11.6 Å². The lowest BCUT2D eigenvalue weighted by molar-refractivity contribution is 0.0156. The van der Waals surface area contributed by atoms with Crippen LogP contribution in [0.2, 0.25) is 0 Å². The van der Waals surface area contributed by atoms with Gasteiger partial charge in [-0.3, -0.25) is 0 Å². The van der Waals surface area contributed by atoms with Crippen LogP contribution in [-0.4, -0.2) is 12.1 Å². The molecule has 4 nitrogen and oxygen atoms in total. The zero-order valence-corrected chi connectivity index (χ0v) is 17.5. The second-order valence-electron chi connectivity index (χ2n) is 8.19. The van der Waals surface area contributed by atoms with Gasteiger partial charge in [0, 0.05) is 6.42 Å². The van der Waals surface area contributed by atoms with E-state index in [0.29, 0.717) is 23.5 Å². The van der Waals surface area contributed by atoms with Crippen molar-refractivity contribution in [2.75, 3.05) is 0 Å². The molecule has 3 rings (SSSR count). The van der Waals surface area contributed by atoms with Gasteiger partial charge < -0.3 is 9.15 Å². The minimum atomic E-state index is -0.847. The molecule has 2 aromatic rings. The Balaban J connectivity index is 1.71. The summed E-state index contributed by atoms with van der Waals surface area (Å²) < 4.78 is 25.8. The Morgan fingerprint density at radius 1 is 1.14 bits per heavy atom. The third-order valence-electron chi connectivity index (χ3n) is 5.95. The smallest absolute Gasteiger partial charge is 0.346 e. The van der Waals surface area contributed by atoms with Crippen LogP contribution in [0.15, 0.2) is 27.4 Å². The van der Waals surface area contributed by atoms with Crippen LogP contribution in [-0.2, 0) is 11.2 Å². The normalized spacial score (nSPS) is 19.4. The molecule has 1 aromatic heterocycles. The van der Waals surface area contributed by atoms with Crippen molar-refractivity contribution in [3.8, 4) is 0 Å². The lowest BCUT2D eigenvalue weighted by Crippen LogP contribution is -2.25. The average Bonchev–Trinajstić information content (AvgIpc) is 2.71. The third kappa shape index (κ3) is 5.26. The maximum Gasteiger partial charge on any atom is 0.346 e. The van der Waals surface area contributed by atoms with Crippen molar-refractivity contribution in [2.45, 2.75) is 84.2 Å². The topological polar surface area (TPSA) is 56.5 Å². The van der Waals surface area contributed by atoms with Crippen LogP contribution in [0.3, 0.4) is 0 Å². The van der Waals surface area contributed by atoms with E-state index in [0.717, 1.165) is 38.5 Å². The second-order valence-corrected chi connectivity index (χ2v) is 8.19. The summed E-state index contributed by atoms with van der Waals surface area (Å²) in [6, 6.07) is 4.70. The molecule has 0 radical (unpaired) electrons. The summed E-state index contributed by atoms with van der Waals surface area (Å²) in [5.74, 6) is -0.302. The molecule has 0 unspecified atom stereocenters. The van der Waals surface area contributed by atoms with Gasteiger partial charge in [-0.05, 0) is 55.5 Å². The molecule has 0 aliphatic heterocycles. The van der Waals surface area contributed by atoms with E-state index < -0.39 is 17.4 Å². The number of rotatable bonds is 8. The summed E-state index contributed by atoms with van der Waals surface area (Å²) in [6.45, 7) is 4.24. The fourth-order valence-electron chi connectivity index (χ4n) is 4.17. The average molecular weight is 403 g/mol. The van der Waals surface area contributed by atoms with E-state index in [2.05, 4.69) is 6.92 Å². The van der Waals surface area contributed by atoms with E-state index >= 15 is 0 Å². The molecule has 0 atom stereocenters. The zero-order chi connectivity index (χ0) is 20.8. The minimum Gasteiger partial charge on any atom is -0.459 e. The first-order valence-electron chi connectivity index (χ1n) is 11.0. The van der Waals surface area contributed by atoms with Crippen LogP contribution < -0.4 is 5.63 Å². The molecule has 1 aliphatic rings. The number of carbonyl (C=O) groups is 1. The molecule has 0 saturated heterocycles. The summed E-state index contributed by atoms with van der Waals surface area (Å²) in [5, 5.41) is 0.279. The molecule has 1 aromatic carbocycles. The van der Waals surface area contributed by atoms with Crippen molar-refractivity contribution in [1.82, 2.24) is 0 Å². The Hall–Kier alpha value is -2.17. The number of carbonyl (C=O) groups excluding carboxylic acids is 1. The first-order chi connectivity index (χ1) is 14.0. The van der Waals surface area contributed by atoms with E-state index in [1.54, 1.807) is 12.1 Å². The van der Waals surface area contributed by atoms with E-state index in [1.165, 1.54) is 25.3 Å². The van der Waals surface area contributed by atoms with Crippen molar-refractivity contribution in [3.63, 3.8) is 0 Å². The maximum atomic E-state index is 15.0. The Morgan fingerprint density at radius 2 is 1.86 bits per heavy atom. The Morgan fingerprint density at radius 3 is 2.55 bits per heavy atom. The van der Waals surface area contributed by atoms with Crippen LogP contribution in [0.4, 0.5) is 4.39 Å². The van der Waals surface area contributed by atoms with Gasteiger partial charge in [-0.1, -0.05) is 45.6 Å². The summed E-state index contributed by atoms with van der Waals surface area (Å²) in [5.41, 5.74) is -0.934. The van der Waals surface area contributed by atoms with Crippen molar-refractivity contribution in [3.05, 3.63) is 45.8 Å². The van der Waals surface area contributed by atoms with Gasteiger partial charge in [-0.2, -0.15) is 0 Å². The highest BCUT2D eigenvalue weighted by molar-refractivity contribution is 5.95. The number of hydrogen-bond acceptors (Lipinski definition) is 4. The van der Waals surface area contributed by atoms with Crippen molar-refractivity contribution >= 4 is 16.7 Å². The molecule has 1 fully saturated rings. The van der Waals surface area contributed by atoms with E-state index in [-0.39, 0.29) is 17.1 Å². The van der Waals surface area contributed by atoms with Gasteiger partial charge in [0.05, 0.1) is 5.56 Å². The molecule has 0 N–H and O–H groups in total. The highest BCUT2D eigenvalue weighted by atomic mass is 19.1. The molecule has 1 aliphatic carbocycles. The Bertz CT molecular complexity index is 894. The predicted octanol–water partition coefficient (Wildman–Crippen LogP) is 6.18. The number of aryl methyl sites for hydroxylation is 1. The molecule has 1 saturated carbocycles.